The Labute approximate surface area is 146 Å². The van der Waals surface area contributed by atoms with E-state index in [0.717, 1.165) is 19.3 Å². The Morgan fingerprint density at radius 3 is 2.64 bits per heavy atom. The molecule has 140 valence electrons. The standard InChI is InChI=1S/C17H26N2O6/c1-10(17-5-3-11(8-17)4-6-17)25-9-13(16(23)24-2)19-15(22)12(18)7-14(20)21/h3,5,10-13H,4,6-9,18H2,1-2H3,(H,19,22)(H,20,21)/t10?,11?,12-,13-,17?/m0/s1. The summed E-state index contributed by atoms with van der Waals surface area (Å²) in [7, 11) is 1.21. The highest BCUT2D eigenvalue weighted by Gasteiger charge is 2.45. The van der Waals surface area contributed by atoms with Crippen LogP contribution in [0.4, 0.5) is 0 Å². The highest BCUT2D eigenvalue weighted by molar-refractivity contribution is 5.89. The van der Waals surface area contributed by atoms with Gasteiger partial charge in [0.25, 0.3) is 0 Å². The smallest absolute Gasteiger partial charge is 0.330 e. The maximum Gasteiger partial charge on any atom is 0.330 e. The topological polar surface area (TPSA) is 128 Å². The molecule has 1 amide bonds. The number of aliphatic carboxylic acids is 1. The van der Waals surface area contributed by atoms with Crippen LogP contribution >= 0.6 is 0 Å². The fraction of sp³-hybridized carbons (Fsp3) is 0.706. The number of hydrogen-bond acceptors (Lipinski definition) is 6. The van der Waals surface area contributed by atoms with E-state index in [4.69, 9.17) is 15.6 Å². The van der Waals surface area contributed by atoms with Crippen molar-refractivity contribution in [2.75, 3.05) is 13.7 Å². The van der Waals surface area contributed by atoms with Crippen LogP contribution in [0.25, 0.3) is 0 Å². The molecule has 0 radical (unpaired) electrons. The first-order valence-electron chi connectivity index (χ1n) is 8.44. The van der Waals surface area contributed by atoms with Crippen LogP contribution in [0.3, 0.4) is 0 Å². The van der Waals surface area contributed by atoms with Crippen LogP contribution in [-0.4, -0.2) is 54.9 Å². The van der Waals surface area contributed by atoms with Gasteiger partial charge in [0.2, 0.25) is 5.91 Å². The van der Waals surface area contributed by atoms with Crippen LogP contribution in [-0.2, 0) is 23.9 Å². The molecule has 8 nitrogen and oxygen atoms in total. The number of rotatable bonds is 9. The quantitative estimate of drug-likeness (QED) is 0.399. The molecule has 4 N–H and O–H groups in total. The van der Waals surface area contributed by atoms with Crippen molar-refractivity contribution < 1.29 is 29.0 Å². The second kappa shape index (κ2) is 7.97. The van der Waals surface area contributed by atoms with Crippen molar-refractivity contribution >= 4 is 17.8 Å². The second-order valence-electron chi connectivity index (χ2n) is 6.86. The van der Waals surface area contributed by atoms with E-state index in [9.17, 15) is 14.4 Å². The molecule has 2 aliphatic rings. The second-order valence-corrected chi connectivity index (χ2v) is 6.86. The fourth-order valence-corrected chi connectivity index (χ4v) is 3.57. The number of nitrogens with one attached hydrogen (secondary N) is 1. The minimum atomic E-state index is -1.24. The summed E-state index contributed by atoms with van der Waals surface area (Å²) >= 11 is 0. The van der Waals surface area contributed by atoms with Gasteiger partial charge in [-0.2, -0.15) is 0 Å². The third-order valence-corrected chi connectivity index (χ3v) is 5.18. The van der Waals surface area contributed by atoms with Crippen molar-refractivity contribution in [1.82, 2.24) is 5.32 Å². The number of fused-ring (bicyclic) bond motifs is 2. The molecule has 0 spiro atoms. The van der Waals surface area contributed by atoms with Gasteiger partial charge in [-0.05, 0) is 32.1 Å². The maximum absolute atomic E-state index is 12.0. The highest BCUT2D eigenvalue weighted by atomic mass is 16.5. The number of esters is 1. The molecular weight excluding hydrogens is 328 g/mol. The maximum atomic E-state index is 12.0. The summed E-state index contributed by atoms with van der Waals surface area (Å²) in [6.45, 7) is 1.91. The molecule has 25 heavy (non-hydrogen) atoms. The number of carbonyl (C=O) groups excluding carboxylic acids is 2. The molecule has 8 heteroatoms. The number of carbonyl (C=O) groups is 3. The number of methoxy groups -OCH3 is 1. The number of nitrogens with two attached hydrogens (primary N) is 1. The summed E-state index contributed by atoms with van der Waals surface area (Å²) in [5.41, 5.74) is 5.51. The Kier molecular flexibility index (Phi) is 6.18. The minimum Gasteiger partial charge on any atom is -0.481 e. The third kappa shape index (κ3) is 4.58. The van der Waals surface area contributed by atoms with Crippen LogP contribution in [0, 0.1) is 11.3 Å². The zero-order chi connectivity index (χ0) is 18.6. The predicted octanol–water partition coefficient (Wildman–Crippen LogP) is 0.208. The summed E-state index contributed by atoms with van der Waals surface area (Å²) in [6, 6.07) is -2.27. The van der Waals surface area contributed by atoms with Gasteiger partial charge < -0.3 is 25.6 Å². The lowest BCUT2D eigenvalue weighted by molar-refractivity contribution is -0.148. The molecule has 3 unspecified atom stereocenters. The third-order valence-electron chi connectivity index (χ3n) is 5.18. The van der Waals surface area contributed by atoms with Gasteiger partial charge in [0, 0.05) is 5.41 Å². The van der Waals surface area contributed by atoms with Crippen LogP contribution in [0.15, 0.2) is 12.2 Å². The Morgan fingerprint density at radius 1 is 1.44 bits per heavy atom. The van der Waals surface area contributed by atoms with Crippen LogP contribution < -0.4 is 11.1 Å². The Morgan fingerprint density at radius 2 is 2.16 bits per heavy atom. The molecule has 2 aliphatic carbocycles. The van der Waals surface area contributed by atoms with Crippen molar-refractivity contribution in [1.29, 1.82) is 0 Å². The summed E-state index contributed by atoms with van der Waals surface area (Å²) in [4.78, 5) is 34.5. The van der Waals surface area contributed by atoms with Gasteiger partial charge in [-0.3, -0.25) is 9.59 Å². The average molecular weight is 354 g/mol. The number of carboxylic acids is 1. The molecule has 1 saturated carbocycles. The molecule has 5 atom stereocenters. The van der Waals surface area contributed by atoms with E-state index in [1.807, 2.05) is 6.92 Å². The number of allylic oxidation sites excluding steroid dienone is 1. The molecule has 0 aromatic carbocycles. The summed E-state index contributed by atoms with van der Waals surface area (Å²) in [6.07, 6.45) is 7.03. The van der Waals surface area contributed by atoms with Gasteiger partial charge >= 0.3 is 11.9 Å². The van der Waals surface area contributed by atoms with Crippen molar-refractivity contribution in [2.24, 2.45) is 17.1 Å². The summed E-state index contributed by atoms with van der Waals surface area (Å²) in [5.74, 6) is -1.97. The van der Waals surface area contributed by atoms with Gasteiger partial charge in [-0.1, -0.05) is 12.2 Å². The molecule has 2 bridgehead atoms. The van der Waals surface area contributed by atoms with E-state index >= 15 is 0 Å². The van der Waals surface area contributed by atoms with Gasteiger partial charge in [-0.15, -0.1) is 0 Å². The van der Waals surface area contributed by atoms with E-state index in [-0.39, 0.29) is 18.1 Å². The van der Waals surface area contributed by atoms with E-state index in [2.05, 4.69) is 22.2 Å². The zero-order valence-electron chi connectivity index (χ0n) is 14.6. The van der Waals surface area contributed by atoms with E-state index in [0.29, 0.717) is 5.92 Å². The Bertz CT molecular complexity index is 563. The molecule has 0 saturated heterocycles. The van der Waals surface area contributed by atoms with E-state index in [1.165, 1.54) is 7.11 Å². The van der Waals surface area contributed by atoms with Crippen molar-refractivity contribution in [3.05, 3.63) is 12.2 Å². The molecule has 0 heterocycles. The Hall–Kier alpha value is -1.93. The van der Waals surface area contributed by atoms with Crippen molar-refractivity contribution in [2.45, 2.75) is 50.8 Å². The van der Waals surface area contributed by atoms with Gasteiger partial charge in [0.15, 0.2) is 6.04 Å². The first-order valence-corrected chi connectivity index (χ1v) is 8.44. The number of amides is 1. The van der Waals surface area contributed by atoms with E-state index < -0.39 is 36.4 Å². The Balaban J connectivity index is 1.91. The minimum absolute atomic E-state index is 0.00491. The summed E-state index contributed by atoms with van der Waals surface area (Å²) < 4.78 is 10.6. The summed E-state index contributed by atoms with van der Waals surface area (Å²) in [5, 5.41) is 11.1. The van der Waals surface area contributed by atoms with Gasteiger partial charge in [0.1, 0.15) is 0 Å². The van der Waals surface area contributed by atoms with Crippen LogP contribution in [0.5, 0.6) is 0 Å². The lowest BCUT2D eigenvalue weighted by Gasteiger charge is -2.32. The van der Waals surface area contributed by atoms with E-state index in [1.54, 1.807) is 0 Å². The molecule has 0 aromatic rings. The van der Waals surface area contributed by atoms with Crippen LogP contribution in [0.2, 0.25) is 0 Å². The zero-order valence-corrected chi connectivity index (χ0v) is 14.6. The molecular formula is C17H26N2O6. The molecule has 2 rings (SSSR count). The first-order chi connectivity index (χ1) is 11.8. The number of hydrogen-bond donors (Lipinski definition) is 3. The monoisotopic (exact) mass is 354 g/mol. The number of carboxylic acid groups (broad SMARTS) is 1. The number of ether oxygens (including phenoxy) is 2. The predicted molar refractivity (Wildman–Crippen MR) is 88.5 cm³/mol. The van der Waals surface area contributed by atoms with Gasteiger partial charge in [0.05, 0.1) is 32.3 Å². The first kappa shape index (κ1) is 19.4. The van der Waals surface area contributed by atoms with Crippen molar-refractivity contribution in [3.8, 4) is 0 Å². The van der Waals surface area contributed by atoms with Crippen molar-refractivity contribution in [3.63, 3.8) is 0 Å². The molecule has 1 fully saturated rings. The molecule has 0 aromatic heterocycles. The SMILES string of the molecule is COC(=O)[C@H](COC(C)C12C=CC(CC1)C2)NC(=O)[C@@H](N)CC(=O)O. The highest BCUT2D eigenvalue weighted by Crippen LogP contribution is 2.51. The normalized spacial score (nSPS) is 27.6. The fourth-order valence-electron chi connectivity index (χ4n) is 3.57. The molecule has 0 aliphatic heterocycles. The lowest BCUT2D eigenvalue weighted by atomic mass is 9.82. The average Bonchev–Trinajstić information content (AvgIpc) is 3.19. The lowest BCUT2D eigenvalue weighted by Crippen LogP contribution is -2.51. The largest absolute Gasteiger partial charge is 0.481 e. The van der Waals surface area contributed by atoms with Gasteiger partial charge in [-0.25, -0.2) is 4.79 Å². The van der Waals surface area contributed by atoms with Crippen LogP contribution in [0.1, 0.15) is 32.6 Å².